The second kappa shape index (κ2) is 7.50. The maximum Gasteiger partial charge on any atom is 0.248 e. The predicted molar refractivity (Wildman–Crippen MR) is 116 cm³/mol. The molecule has 0 radical (unpaired) electrons. The van der Waals surface area contributed by atoms with E-state index in [1.54, 1.807) is 11.3 Å². The van der Waals surface area contributed by atoms with Crippen LogP contribution in [0.25, 0.3) is 10.3 Å². The molecule has 2 saturated heterocycles. The first kappa shape index (κ1) is 20.3. The fourth-order valence-corrected chi connectivity index (χ4v) is 6.65. The minimum atomic E-state index is -0.394. The van der Waals surface area contributed by atoms with Gasteiger partial charge in [0.2, 0.25) is 5.91 Å². The molecule has 8 heteroatoms. The average Bonchev–Trinajstić information content (AvgIpc) is 3.41. The Kier molecular flexibility index (Phi) is 5.07. The zero-order valence-corrected chi connectivity index (χ0v) is 18.9. The molecule has 2 atom stereocenters. The number of nitrogens with zero attached hydrogens (tertiary/aromatic N) is 5. The third-order valence-corrected chi connectivity index (χ3v) is 8.42. The van der Waals surface area contributed by atoms with E-state index in [1.165, 1.54) is 30.7 Å². The van der Waals surface area contributed by atoms with Crippen molar-refractivity contribution >= 4 is 27.6 Å². The van der Waals surface area contributed by atoms with Gasteiger partial charge in [0.15, 0.2) is 0 Å². The van der Waals surface area contributed by atoms with Gasteiger partial charge in [0.25, 0.3) is 0 Å². The van der Waals surface area contributed by atoms with Crippen molar-refractivity contribution < 1.29 is 9.90 Å². The summed E-state index contributed by atoms with van der Waals surface area (Å²) in [5, 5.41) is 10.4. The van der Waals surface area contributed by atoms with Gasteiger partial charge in [-0.1, -0.05) is 25.2 Å². The van der Waals surface area contributed by atoms with Crippen LogP contribution < -0.4 is 0 Å². The number of likely N-dealkylation sites (tertiary alicyclic amines) is 2. The first-order valence-corrected chi connectivity index (χ1v) is 11.9. The fourth-order valence-electron chi connectivity index (χ4n) is 5.47. The Hall–Kier alpha value is -1.64. The third-order valence-electron chi connectivity index (χ3n) is 7.31. The van der Waals surface area contributed by atoms with Crippen molar-refractivity contribution in [2.24, 2.45) is 5.41 Å². The van der Waals surface area contributed by atoms with Gasteiger partial charge in [0.05, 0.1) is 10.7 Å². The number of carbonyl (C=O) groups is 1. The van der Waals surface area contributed by atoms with Crippen LogP contribution in [0, 0.1) is 12.3 Å². The topological polar surface area (TPSA) is 82.5 Å². The highest BCUT2D eigenvalue weighted by atomic mass is 32.1. The minimum absolute atomic E-state index is 0.151. The first-order valence-electron chi connectivity index (χ1n) is 11.1. The van der Waals surface area contributed by atoms with E-state index in [9.17, 15) is 9.90 Å². The van der Waals surface area contributed by atoms with Crippen LogP contribution in [-0.4, -0.2) is 67.5 Å². The molecule has 4 heterocycles. The summed E-state index contributed by atoms with van der Waals surface area (Å²) >= 11 is 1.75. The number of fused-ring (bicyclic) bond motifs is 3. The lowest BCUT2D eigenvalue weighted by atomic mass is 9.73. The number of rotatable bonds is 4. The Morgan fingerprint density at radius 3 is 2.60 bits per heavy atom. The lowest BCUT2D eigenvalue weighted by molar-refractivity contribution is -0.136. The summed E-state index contributed by atoms with van der Waals surface area (Å²) in [6, 6.07) is 0.555. The number of hydrogen-bond acceptors (Lipinski definition) is 7. The maximum absolute atomic E-state index is 11.9. The molecule has 5 rings (SSSR count). The number of aromatic nitrogens is 3. The molecule has 0 aromatic carbocycles. The Morgan fingerprint density at radius 1 is 1.17 bits per heavy atom. The lowest BCUT2D eigenvalue weighted by Gasteiger charge is -2.33. The van der Waals surface area contributed by atoms with Gasteiger partial charge >= 0.3 is 0 Å². The van der Waals surface area contributed by atoms with Crippen molar-refractivity contribution in [2.75, 3.05) is 19.7 Å². The average molecular weight is 430 g/mol. The quantitative estimate of drug-likeness (QED) is 0.805. The van der Waals surface area contributed by atoms with Crippen molar-refractivity contribution in [3.63, 3.8) is 0 Å². The number of hydrogen-bond donors (Lipinski definition) is 1. The highest BCUT2D eigenvalue weighted by Gasteiger charge is 2.45. The zero-order chi connectivity index (χ0) is 21.0. The molecule has 30 heavy (non-hydrogen) atoms. The molecule has 7 nitrogen and oxygen atoms in total. The zero-order valence-electron chi connectivity index (χ0n) is 18.1. The Labute approximate surface area is 181 Å². The molecule has 162 valence electrons. The van der Waals surface area contributed by atoms with Crippen LogP contribution in [0.2, 0.25) is 0 Å². The molecule has 2 aliphatic heterocycles. The van der Waals surface area contributed by atoms with E-state index in [1.807, 2.05) is 11.8 Å². The number of aliphatic hydroxyl groups excluding tert-OH is 1. The van der Waals surface area contributed by atoms with Crippen LogP contribution in [-0.2, 0) is 11.3 Å². The fraction of sp³-hybridized carbons (Fsp3) is 0.727. The van der Waals surface area contributed by atoms with Crippen molar-refractivity contribution in [2.45, 2.75) is 77.4 Å². The standard InChI is InChI=1S/C22H31N5O2S/c1-13-23-17(11-26-9-16-8-15(26)10-27(16)18(29)12-28)19-21(24-13)30-20(25-19)14-4-6-22(2,3)7-5-14/h14-16,28H,4-12H2,1-3H3/t15-,16-/m0/s1. The number of amides is 1. The molecule has 3 aliphatic rings. The van der Waals surface area contributed by atoms with Gasteiger partial charge in [-0.15, -0.1) is 0 Å². The summed E-state index contributed by atoms with van der Waals surface area (Å²) in [5.74, 6) is 1.20. The van der Waals surface area contributed by atoms with Gasteiger partial charge in [0, 0.05) is 37.6 Å². The van der Waals surface area contributed by atoms with Crippen LogP contribution in [0.1, 0.15) is 68.4 Å². The van der Waals surface area contributed by atoms with Gasteiger partial charge in [-0.25, -0.2) is 15.0 Å². The molecule has 2 aromatic heterocycles. The van der Waals surface area contributed by atoms with Crippen LogP contribution >= 0.6 is 11.3 Å². The molecular formula is C22H31N5O2S. The molecule has 1 aliphatic carbocycles. The molecular weight excluding hydrogens is 398 g/mol. The molecule has 2 bridgehead atoms. The van der Waals surface area contributed by atoms with Crippen molar-refractivity contribution in [1.29, 1.82) is 0 Å². The molecule has 1 amide bonds. The van der Waals surface area contributed by atoms with E-state index in [2.05, 4.69) is 18.7 Å². The minimum Gasteiger partial charge on any atom is -0.387 e. The third kappa shape index (κ3) is 3.63. The lowest BCUT2D eigenvalue weighted by Crippen LogP contribution is -2.49. The second-order valence-electron chi connectivity index (χ2n) is 10.0. The van der Waals surface area contributed by atoms with Crippen LogP contribution in [0.4, 0.5) is 0 Å². The van der Waals surface area contributed by atoms with Crippen LogP contribution in [0.15, 0.2) is 0 Å². The molecule has 3 fully saturated rings. The predicted octanol–water partition coefficient (Wildman–Crippen LogP) is 2.86. The normalized spacial score (nSPS) is 26.7. The highest BCUT2D eigenvalue weighted by molar-refractivity contribution is 7.18. The van der Waals surface area contributed by atoms with Gasteiger partial charge in [0.1, 0.15) is 22.8 Å². The van der Waals surface area contributed by atoms with Crippen LogP contribution in [0.3, 0.4) is 0 Å². The van der Waals surface area contributed by atoms with Crippen molar-refractivity contribution in [3.8, 4) is 0 Å². The van der Waals surface area contributed by atoms with Crippen LogP contribution in [0.5, 0.6) is 0 Å². The number of piperazine rings is 1. The molecule has 0 spiro atoms. The summed E-state index contributed by atoms with van der Waals surface area (Å²) in [6.07, 6.45) is 5.91. The number of thiazole rings is 1. The molecule has 1 N–H and O–H groups in total. The summed E-state index contributed by atoms with van der Waals surface area (Å²) in [7, 11) is 0. The van der Waals surface area contributed by atoms with E-state index in [0.29, 0.717) is 23.9 Å². The number of aliphatic hydroxyl groups is 1. The monoisotopic (exact) mass is 429 g/mol. The number of carbonyl (C=O) groups excluding carboxylic acids is 1. The van der Waals surface area contributed by atoms with Crippen molar-refractivity contribution in [3.05, 3.63) is 16.5 Å². The van der Waals surface area contributed by atoms with Gasteiger partial charge < -0.3 is 10.0 Å². The Bertz CT molecular complexity index is 964. The molecule has 2 aromatic rings. The number of aryl methyl sites for hydroxylation is 1. The smallest absolute Gasteiger partial charge is 0.248 e. The highest BCUT2D eigenvalue weighted by Crippen LogP contribution is 2.44. The molecule has 1 saturated carbocycles. The van der Waals surface area contributed by atoms with E-state index in [0.717, 1.165) is 41.4 Å². The molecule has 0 unspecified atom stereocenters. The summed E-state index contributed by atoms with van der Waals surface area (Å²) in [4.78, 5) is 31.7. The Balaban J connectivity index is 1.35. The van der Waals surface area contributed by atoms with E-state index < -0.39 is 6.61 Å². The summed E-state index contributed by atoms with van der Waals surface area (Å²) in [5.41, 5.74) is 2.44. The first-order chi connectivity index (χ1) is 14.3. The maximum atomic E-state index is 11.9. The summed E-state index contributed by atoms with van der Waals surface area (Å²) in [6.45, 7) is 8.61. The van der Waals surface area contributed by atoms with Gasteiger partial charge in [-0.05, 0) is 44.4 Å². The second-order valence-corrected chi connectivity index (χ2v) is 11.0. The Morgan fingerprint density at radius 2 is 1.93 bits per heavy atom. The van der Waals surface area contributed by atoms with Gasteiger partial charge in [-0.3, -0.25) is 9.69 Å². The van der Waals surface area contributed by atoms with Gasteiger partial charge in [-0.2, -0.15) is 0 Å². The van der Waals surface area contributed by atoms with E-state index in [-0.39, 0.29) is 11.9 Å². The van der Waals surface area contributed by atoms with E-state index in [4.69, 9.17) is 15.0 Å². The summed E-state index contributed by atoms with van der Waals surface area (Å²) < 4.78 is 0. The largest absolute Gasteiger partial charge is 0.387 e. The van der Waals surface area contributed by atoms with E-state index >= 15 is 0 Å². The van der Waals surface area contributed by atoms with Crippen molar-refractivity contribution in [1.82, 2.24) is 24.8 Å². The SMILES string of the molecule is Cc1nc(CN2C[C@@H]3C[C@H]2CN3C(=O)CO)c2nc(C3CCC(C)(C)CC3)sc2n1.